The molecule has 1 atom stereocenters. The lowest BCUT2D eigenvalue weighted by Gasteiger charge is -2.11. The fraction of sp³-hybridized carbons (Fsp3) is 0.267. The minimum Gasteiger partial charge on any atom is -0.497 e. The highest BCUT2D eigenvalue weighted by Crippen LogP contribution is 2.12. The van der Waals surface area contributed by atoms with Crippen molar-refractivity contribution >= 4 is 6.03 Å². The van der Waals surface area contributed by atoms with Crippen molar-refractivity contribution in [3.05, 3.63) is 54.0 Å². The maximum Gasteiger partial charge on any atom is 0.315 e. The molecule has 2 rings (SSSR count). The molecule has 2 amide bonds. The van der Waals surface area contributed by atoms with Gasteiger partial charge in [-0.3, -0.25) is 0 Å². The topological polar surface area (TPSA) is 83.7 Å². The SMILES string of the molecule is COc1ccc(CNC(=O)NCC(O)c2ccoc2)cc1. The molecule has 0 aliphatic rings. The van der Waals surface area contributed by atoms with Crippen LogP contribution in [0.2, 0.25) is 0 Å². The molecule has 3 N–H and O–H groups in total. The summed E-state index contributed by atoms with van der Waals surface area (Å²) in [6.07, 6.45) is 2.14. The Morgan fingerprint density at radius 1 is 1.29 bits per heavy atom. The van der Waals surface area contributed by atoms with E-state index in [2.05, 4.69) is 10.6 Å². The van der Waals surface area contributed by atoms with E-state index < -0.39 is 6.10 Å². The van der Waals surface area contributed by atoms with Gasteiger partial charge in [-0.05, 0) is 23.8 Å². The second kappa shape index (κ2) is 7.35. The zero-order valence-corrected chi connectivity index (χ0v) is 11.7. The summed E-state index contributed by atoms with van der Waals surface area (Å²) in [4.78, 5) is 11.6. The fourth-order valence-electron chi connectivity index (χ4n) is 1.76. The van der Waals surface area contributed by atoms with Gasteiger partial charge >= 0.3 is 6.03 Å². The highest BCUT2D eigenvalue weighted by Gasteiger charge is 2.10. The molecule has 0 saturated heterocycles. The van der Waals surface area contributed by atoms with Crippen LogP contribution < -0.4 is 15.4 Å². The zero-order valence-electron chi connectivity index (χ0n) is 11.7. The number of carbonyl (C=O) groups is 1. The standard InChI is InChI=1S/C15H18N2O4/c1-20-13-4-2-11(3-5-13)8-16-15(19)17-9-14(18)12-6-7-21-10-12/h2-7,10,14,18H,8-9H2,1H3,(H2,16,17,19). The predicted molar refractivity (Wildman–Crippen MR) is 76.9 cm³/mol. The second-order valence-corrected chi connectivity index (χ2v) is 4.48. The monoisotopic (exact) mass is 290 g/mol. The number of rotatable bonds is 6. The highest BCUT2D eigenvalue weighted by atomic mass is 16.5. The summed E-state index contributed by atoms with van der Waals surface area (Å²) >= 11 is 0. The molecule has 0 saturated carbocycles. The molecular weight excluding hydrogens is 272 g/mol. The zero-order chi connectivity index (χ0) is 15.1. The van der Waals surface area contributed by atoms with E-state index in [0.717, 1.165) is 11.3 Å². The normalized spacial score (nSPS) is 11.7. The van der Waals surface area contributed by atoms with E-state index in [9.17, 15) is 9.90 Å². The first kappa shape index (κ1) is 14.9. The average Bonchev–Trinajstić information content (AvgIpc) is 3.05. The van der Waals surface area contributed by atoms with Gasteiger partial charge in [-0.2, -0.15) is 0 Å². The van der Waals surface area contributed by atoms with E-state index in [1.807, 2.05) is 24.3 Å². The Labute approximate surface area is 122 Å². The number of hydrogen-bond donors (Lipinski definition) is 3. The van der Waals surface area contributed by atoms with Crippen LogP contribution in [-0.4, -0.2) is 24.8 Å². The van der Waals surface area contributed by atoms with Crippen LogP contribution in [0.15, 0.2) is 47.3 Å². The molecule has 1 unspecified atom stereocenters. The first-order valence-corrected chi connectivity index (χ1v) is 6.54. The van der Waals surface area contributed by atoms with Crippen molar-refractivity contribution in [3.8, 4) is 5.75 Å². The number of hydrogen-bond acceptors (Lipinski definition) is 4. The van der Waals surface area contributed by atoms with Gasteiger partial charge in [0.05, 0.1) is 25.7 Å². The van der Waals surface area contributed by atoms with E-state index in [1.165, 1.54) is 12.5 Å². The lowest BCUT2D eigenvalue weighted by molar-refractivity contribution is 0.172. The largest absolute Gasteiger partial charge is 0.497 e. The Kier molecular flexibility index (Phi) is 5.22. The first-order chi connectivity index (χ1) is 10.2. The van der Waals surface area contributed by atoms with Gasteiger partial charge in [0.15, 0.2) is 0 Å². The van der Waals surface area contributed by atoms with Crippen LogP contribution in [0.5, 0.6) is 5.75 Å². The molecule has 1 aromatic carbocycles. The quantitative estimate of drug-likeness (QED) is 0.757. The summed E-state index contributed by atoms with van der Waals surface area (Å²) in [5.74, 6) is 0.770. The minimum absolute atomic E-state index is 0.119. The molecule has 0 aliphatic carbocycles. The molecular formula is C15H18N2O4. The molecule has 2 aromatic rings. The summed E-state index contributed by atoms with van der Waals surface area (Å²) < 4.78 is 9.93. The fourth-order valence-corrected chi connectivity index (χ4v) is 1.76. The minimum atomic E-state index is -0.782. The van der Waals surface area contributed by atoms with Gasteiger partial charge in [-0.25, -0.2) is 4.79 Å². The van der Waals surface area contributed by atoms with Crippen LogP contribution in [0.1, 0.15) is 17.2 Å². The van der Waals surface area contributed by atoms with Crippen molar-refractivity contribution in [3.63, 3.8) is 0 Å². The second-order valence-electron chi connectivity index (χ2n) is 4.48. The summed E-state index contributed by atoms with van der Waals surface area (Å²) in [6, 6.07) is 8.73. The number of furan rings is 1. The lowest BCUT2D eigenvalue weighted by Crippen LogP contribution is -2.37. The van der Waals surface area contributed by atoms with Crippen LogP contribution in [0.3, 0.4) is 0 Å². The first-order valence-electron chi connectivity index (χ1n) is 6.54. The van der Waals surface area contributed by atoms with Gasteiger partial charge in [0.1, 0.15) is 5.75 Å². The number of amides is 2. The van der Waals surface area contributed by atoms with Gasteiger partial charge in [-0.1, -0.05) is 12.1 Å². The molecule has 1 aromatic heterocycles. The van der Waals surface area contributed by atoms with Crippen molar-refractivity contribution in [2.24, 2.45) is 0 Å². The van der Waals surface area contributed by atoms with Gasteiger partial charge in [-0.15, -0.1) is 0 Å². The number of benzene rings is 1. The molecule has 0 radical (unpaired) electrons. The van der Waals surface area contributed by atoms with Gasteiger partial charge in [0, 0.05) is 18.7 Å². The highest BCUT2D eigenvalue weighted by molar-refractivity contribution is 5.73. The Hall–Kier alpha value is -2.47. The van der Waals surface area contributed by atoms with Gasteiger partial charge in [0.25, 0.3) is 0 Å². The van der Waals surface area contributed by atoms with Crippen molar-refractivity contribution in [1.82, 2.24) is 10.6 Å². The number of urea groups is 1. The molecule has 6 nitrogen and oxygen atoms in total. The number of nitrogens with one attached hydrogen (secondary N) is 2. The molecule has 1 heterocycles. The Morgan fingerprint density at radius 2 is 2.05 bits per heavy atom. The van der Waals surface area contributed by atoms with Crippen molar-refractivity contribution < 1.29 is 19.1 Å². The molecule has 0 spiro atoms. The van der Waals surface area contributed by atoms with Crippen LogP contribution >= 0.6 is 0 Å². The maximum atomic E-state index is 11.6. The number of methoxy groups -OCH3 is 1. The van der Waals surface area contributed by atoms with Crippen molar-refractivity contribution in [2.75, 3.05) is 13.7 Å². The van der Waals surface area contributed by atoms with Crippen LogP contribution in [0.25, 0.3) is 0 Å². The molecule has 6 heteroatoms. The number of carbonyl (C=O) groups excluding carboxylic acids is 1. The Balaban J connectivity index is 1.71. The summed E-state index contributed by atoms with van der Waals surface area (Å²) in [5.41, 5.74) is 1.59. The van der Waals surface area contributed by atoms with Gasteiger partial charge < -0.3 is 24.9 Å². The Morgan fingerprint density at radius 3 is 2.67 bits per heavy atom. The van der Waals surface area contributed by atoms with Crippen LogP contribution in [-0.2, 0) is 6.54 Å². The number of ether oxygens (including phenoxy) is 1. The molecule has 0 aliphatic heterocycles. The maximum absolute atomic E-state index is 11.6. The number of aliphatic hydroxyl groups is 1. The average molecular weight is 290 g/mol. The van der Waals surface area contributed by atoms with Gasteiger partial charge in [0.2, 0.25) is 0 Å². The van der Waals surface area contributed by atoms with E-state index in [-0.39, 0.29) is 12.6 Å². The smallest absolute Gasteiger partial charge is 0.315 e. The van der Waals surface area contributed by atoms with E-state index in [1.54, 1.807) is 13.2 Å². The van der Waals surface area contributed by atoms with Crippen LogP contribution in [0.4, 0.5) is 4.79 Å². The third kappa shape index (κ3) is 4.54. The third-order valence-corrected chi connectivity index (χ3v) is 3.00. The van der Waals surface area contributed by atoms with Crippen LogP contribution in [0, 0.1) is 0 Å². The molecule has 0 fully saturated rings. The number of aliphatic hydroxyl groups excluding tert-OH is 1. The summed E-state index contributed by atoms with van der Waals surface area (Å²) in [6.45, 7) is 0.519. The Bertz CT molecular complexity index is 552. The molecule has 112 valence electrons. The third-order valence-electron chi connectivity index (χ3n) is 3.00. The van der Waals surface area contributed by atoms with Crippen molar-refractivity contribution in [1.29, 1.82) is 0 Å². The van der Waals surface area contributed by atoms with E-state index in [4.69, 9.17) is 9.15 Å². The summed E-state index contributed by atoms with van der Waals surface area (Å²) in [5, 5.41) is 15.1. The predicted octanol–water partition coefficient (Wildman–Crippen LogP) is 1.82. The van der Waals surface area contributed by atoms with E-state index >= 15 is 0 Å². The van der Waals surface area contributed by atoms with E-state index in [0.29, 0.717) is 12.1 Å². The summed E-state index contributed by atoms with van der Waals surface area (Å²) in [7, 11) is 1.60. The molecule has 21 heavy (non-hydrogen) atoms. The molecule has 0 bridgehead atoms. The van der Waals surface area contributed by atoms with Crippen molar-refractivity contribution in [2.45, 2.75) is 12.6 Å². The lowest BCUT2D eigenvalue weighted by atomic mass is 10.2.